The molecule has 0 aliphatic carbocycles. The predicted molar refractivity (Wildman–Crippen MR) is 54.7 cm³/mol. The van der Waals surface area contributed by atoms with Gasteiger partial charge in [-0.05, 0) is 5.56 Å². The number of nitrogens with one attached hydrogen (secondary N) is 1. The van der Waals surface area contributed by atoms with Gasteiger partial charge in [-0.15, -0.1) is 0 Å². The van der Waals surface area contributed by atoms with Crippen LogP contribution in [0.1, 0.15) is 25.0 Å². The van der Waals surface area contributed by atoms with E-state index >= 15 is 0 Å². The monoisotopic (exact) mass is 193 g/mol. The normalized spacial score (nSPS) is 12.1. The van der Waals surface area contributed by atoms with Crippen LogP contribution >= 0.6 is 0 Å². The summed E-state index contributed by atoms with van der Waals surface area (Å²) in [7, 11) is 0. The van der Waals surface area contributed by atoms with Crippen LogP contribution in [0, 0.1) is 0 Å². The summed E-state index contributed by atoms with van der Waals surface area (Å²) >= 11 is 0. The Bertz CT molecular complexity index is 285. The minimum atomic E-state index is -0.619. The zero-order valence-electron chi connectivity index (χ0n) is 8.23. The maximum Gasteiger partial charge on any atom is 0.219 e. The van der Waals surface area contributed by atoms with Crippen LogP contribution in [0.3, 0.4) is 0 Å². The lowest BCUT2D eigenvalue weighted by molar-refractivity contribution is -0.121. The fourth-order valence-corrected chi connectivity index (χ4v) is 1.13. The molecule has 14 heavy (non-hydrogen) atoms. The van der Waals surface area contributed by atoms with E-state index in [1.807, 2.05) is 30.3 Å². The van der Waals surface area contributed by atoms with Gasteiger partial charge < -0.3 is 10.4 Å². The van der Waals surface area contributed by atoms with Crippen molar-refractivity contribution in [2.24, 2.45) is 0 Å². The van der Waals surface area contributed by atoms with Crippen LogP contribution in [0.5, 0.6) is 0 Å². The molecule has 0 spiro atoms. The van der Waals surface area contributed by atoms with Crippen molar-refractivity contribution in [3.05, 3.63) is 35.9 Å². The Kier molecular flexibility index (Phi) is 4.13. The summed E-state index contributed by atoms with van der Waals surface area (Å²) < 4.78 is 0. The summed E-state index contributed by atoms with van der Waals surface area (Å²) in [4.78, 5) is 10.9. The van der Waals surface area contributed by atoms with E-state index in [1.165, 1.54) is 0 Å². The van der Waals surface area contributed by atoms with Gasteiger partial charge in [-0.3, -0.25) is 4.79 Å². The van der Waals surface area contributed by atoms with Crippen molar-refractivity contribution in [2.75, 3.05) is 6.54 Å². The summed E-state index contributed by atoms with van der Waals surface area (Å²) in [6, 6.07) is 9.28. The van der Waals surface area contributed by atoms with Gasteiger partial charge >= 0.3 is 0 Å². The third-order valence-electron chi connectivity index (χ3n) is 2.00. The van der Waals surface area contributed by atoms with Crippen molar-refractivity contribution in [3.8, 4) is 0 Å². The van der Waals surface area contributed by atoms with Gasteiger partial charge in [-0.2, -0.15) is 0 Å². The molecule has 0 bridgehead atoms. The Morgan fingerprint density at radius 1 is 1.43 bits per heavy atom. The first kappa shape index (κ1) is 10.7. The van der Waals surface area contributed by atoms with Gasteiger partial charge in [0.15, 0.2) is 0 Å². The van der Waals surface area contributed by atoms with Gasteiger partial charge in [0.25, 0.3) is 0 Å². The summed E-state index contributed by atoms with van der Waals surface area (Å²) in [6.07, 6.45) is -0.173. The molecule has 0 saturated carbocycles. The van der Waals surface area contributed by atoms with Crippen LogP contribution in [0.15, 0.2) is 30.3 Å². The van der Waals surface area contributed by atoms with E-state index in [-0.39, 0.29) is 12.5 Å². The van der Waals surface area contributed by atoms with Gasteiger partial charge in [0.2, 0.25) is 5.91 Å². The molecule has 0 radical (unpaired) electrons. The first-order valence-corrected chi connectivity index (χ1v) is 4.73. The molecular formula is C11H15NO2. The minimum Gasteiger partial charge on any atom is -0.387 e. The Balaban J connectivity index is 2.43. The summed E-state index contributed by atoms with van der Waals surface area (Å²) in [5.74, 6) is -0.0417. The lowest BCUT2D eigenvalue weighted by atomic mass is 10.1. The van der Waals surface area contributed by atoms with Crippen LogP contribution in [0.25, 0.3) is 0 Å². The summed E-state index contributed by atoms with van der Waals surface area (Å²) in [5.41, 5.74) is 0.823. The second kappa shape index (κ2) is 5.40. The van der Waals surface area contributed by atoms with Crippen LogP contribution in [0.4, 0.5) is 0 Å². The molecule has 0 unspecified atom stereocenters. The predicted octanol–water partition coefficient (Wildman–Crippen LogP) is 1.25. The molecule has 3 heteroatoms. The molecule has 0 aliphatic rings. The van der Waals surface area contributed by atoms with E-state index in [0.29, 0.717) is 6.42 Å². The number of amides is 1. The molecule has 76 valence electrons. The van der Waals surface area contributed by atoms with Crippen LogP contribution in [-0.4, -0.2) is 17.6 Å². The molecule has 1 atom stereocenters. The highest BCUT2D eigenvalue weighted by Gasteiger charge is 2.07. The molecule has 1 rings (SSSR count). The average Bonchev–Trinajstić information content (AvgIpc) is 2.26. The van der Waals surface area contributed by atoms with Gasteiger partial charge in [0.1, 0.15) is 0 Å². The van der Waals surface area contributed by atoms with Crippen molar-refractivity contribution in [1.29, 1.82) is 0 Å². The molecule has 1 amide bonds. The fourth-order valence-electron chi connectivity index (χ4n) is 1.13. The van der Waals surface area contributed by atoms with Gasteiger partial charge in [0.05, 0.1) is 6.10 Å². The third-order valence-corrected chi connectivity index (χ3v) is 2.00. The molecule has 0 saturated heterocycles. The smallest absolute Gasteiger partial charge is 0.219 e. The summed E-state index contributed by atoms with van der Waals surface area (Å²) in [5, 5.41) is 12.3. The SMILES string of the molecule is CCC(=O)NC[C@H](O)c1ccccc1. The lowest BCUT2D eigenvalue weighted by Crippen LogP contribution is -2.27. The van der Waals surface area contributed by atoms with Gasteiger partial charge in [0, 0.05) is 13.0 Å². The quantitative estimate of drug-likeness (QED) is 0.756. The third kappa shape index (κ3) is 3.18. The van der Waals surface area contributed by atoms with Crippen LogP contribution in [-0.2, 0) is 4.79 Å². The Hall–Kier alpha value is -1.35. The second-order valence-electron chi connectivity index (χ2n) is 3.08. The number of hydrogen-bond donors (Lipinski definition) is 2. The topological polar surface area (TPSA) is 49.3 Å². The first-order valence-electron chi connectivity index (χ1n) is 4.73. The molecule has 2 N–H and O–H groups in total. The number of carbonyl (C=O) groups excluding carboxylic acids is 1. The van der Waals surface area contributed by atoms with E-state index in [1.54, 1.807) is 6.92 Å². The van der Waals surface area contributed by atoms with Crippen molar-refractivity contribution >= 4 is 5.91 Å². The number of aliphatic hydroxyl groups is 1. The van der Waals surface area contributed by atoms with Crippen LogP contribution in [0.2, 0.25) is 0 Å². The van der Waals surface area contributed by atoms with E-state index in [0.717, 1.165) is 5.56 Å². The molecule has 1 aromatic carbocycles. The average molecular weight is 193 g/mol. The van der Waals surface area contributed by atoms with Crippen molar-refractivity contribution in [1.82, 2.24) is 5.32 Å². The van der Waals surface area contributed by atoms with Crippen molar-refractivity contribution < 1.29 is 9.90 Å². The molecule has 0 fully saturated rings. The molecule has 0 heterocycles. The molecule has 0 aromatic heterocycles. The Morgan fingerprint density at radius 3 is 2.64 bits per heavy atom. The van der Waals surface area contributed by atoms with E-state index < -0.39 is 6.10 Å². The minimum absolute atomic E-state index is 0.0417. The fraction of sp³-hybridized carbons (Fsp3) is 0.364. The molecule has 1 aromatic rings. The van der Waals surface area contributed by atoms with Crippen LogP contribution < -0.4 is 5.32 Å². The van der Waals surface area contributed by atoms with Crippen molar-refractivity contribution in [2.45, 2.75) is 19.4 Å². The second-order valence-corrected chi connectivity index (χ2v) is 3.08. The Labute approximate surface area is 83.8 Å². The highest BCUT2D eigenvalue weighted by molar-refractivity contribution is 5.75. The molecule has 3 nitrogen and oxygen atoms in total. The standard InChI is InChI=1S/C11H15NO2/c1-2-11(14)12-8-10(13)9-6-4-3-5-7-9/h3-7,10,13H,2,8H2,1H3,(H,12,14)/t10-/m0/s1. The maximum absolute atomic E-state index is 10.9. The van der Waals surface area contributed by atoms with E-state index in [4.69, 9.17) is 0 Å². The van der Waals surface area contributed by atoms with Gasteiger partial charge in [-0.1, -0.05) is 37.3 Å². The molecular weight excluding hydrogens is 178 g/mol. The van der Waals surface area contributed by atoms with Crippen molar-refractivity contribution in [3.63, 3.8) is 0 Å². The van der Waals surface area contributed by atoms with E-state index in [2.05, 4.69) is 5.32 Å². The number of aliphatic hydroxyl groups excluding tert-OH is 1. The number of rotatable bonds is 4. The summed E-state index contributed by atoms with van der Waals surface area (Å²) in [6.45, 7) is 2.06. The zero-order chi connectivity index (χ0) is 10.4. The lowest BCUT2D eigenvalue weighted by Gasteiger charge is -2.11. The zero-order valence-corrected chi connectivity index (χ0v) is 8.23. The van der Waals surface area contributed by atoms with Gasteiger partial charge in [-0.25, -0.2) is 0 Å². The van der Waals surface area contributed by atoms with E-state index in [9.17, 15) is 9.90 Å². The Morgan fingerprint density at radius 2 is 2.07 bits per heavy atom. The number of benzene rings is 1. The largest absolute Gasteiger partial charge is 0.387 e. The highest BCUT2D eigenvalue weighted by Crippen LogP contribution is 2.10. The highest BCUT2D eigenvalue weighted by atomic mass is 16.3. The number of hydrogen-bond acceptors (Lipinski definition) is 2. The number of carbonyl (C=O) groups is 1. The maximum atomic E-state index is 10.9. The molecule has 0 aliphatic heterocycles. The first-order chi connectivity index (χ1) is 6.74.